The number of Topliss-reactive ketones (excluding diaryl/α,β-unsaturated/α-hetero) is 1. The minimum Gasteiger partial charge on any atom is -0.497 e. The fourth-order valence-corrected chi connectivity index (χ4v) is 5.54. The summed E-state index contributed by atoms with van der Waals surface area (Å²) < 4.78 is 39.1. The van der Waals surface area contributed by atoms with Crippen LogP contribution in [0, 0.1) is 5.92 Å². The van der Waals surface area contributed by atoms with Crippen LogP contribution >= 0.6 is 0 Å². The highest BCUT2D eigenvalue weighted by molar-refractivity contribution is 7.89. The number of aliphatic hydroxyl groups excluding tert-OH is 1. The maximum Gasteiger partial charge on any atom is 0.407 e. The summed E-state index contributed by atoms with van der Waals surface area (Å²) in [4.78, 5) is 24.1. The molecule has 0 aliphatic rings. The van der Waals surface area contributed by atoms with E-state index in [9.17, 15) is 23.1 Å². The third kappa shape index (κ3) is 10.6. The van der Waals surface area contributed by atoms with Gasteiger partial charge in [-0.05, 0) is 62.4 Å². The van der Waals surface area contributed by atoms with Crippen molar-refractivity contribution in [3.8, 4) is 5.75 Å². The number of ketones is 1. The highest BCUT2D eigenvalue weighted by Crippen LogP contribution is 2.22. The number of alkyl carbamates (subject to hydrolysis) is 1. The first-order valence-corrected chi connectivity index (χ1v) is 14.7. The number of methoxy groups -OCH3 is 1. The molecule has 0 saturated carbocycles. The fourth-order valence-electron chi connectivity index (χ4n) is 3.97. The quantitative estimate of drug-likeness (QED) is 0.315. The second-order valence-corrected chi connectivity index (χ2v) is 11.9. The number of rotatable bonds is 16. The molecule has 216 valence electrons. The zero-order chi connectivity index (χ0) is 29.0. The van der Waals surface area contributed by atoms with Gasteiger partial charge in [-0.15, -0.1) is 0 Å². The van der Waals surface area contributed by atoms with Gasteiger partial charge in [0.1, 0.15) is 17.6 Å². The summed E-state index contributed by atoms with van der Waals surface area (Å²) >= 11 is 0. The second-order valence-electron chi connectivity index (χ2n) is 9.98. The molecule has 0 aromatic heterocycles. The Balaban J connectivity index is 2.28. The van der Waals surface area contributed by atoms with Crippen LogP contribution in [0.2, 0.25) is 0 Å². The molecule has 10 heteroatoms. The molecule has 0 fully saturated rings. The normalized spacial score (nSPS) is 14.7. The number of amides is 1. The van der Waals surface area contributed by atoms with Gasteiger partial charge in [0, 0.05) is 19.5 Å². The van der Waals surface area contributed by atoms with E-state index >= 15 is 0 Å². The molecule has 2 aromatic carbocycles. The smallest absolute Gasteiger partial charge is 0.407 e. The number of hydrogen-bond acceptors (Lipinski definition) is 7. The Hall–Kier alpha value is -2.95. The van der Waals surface area contributed by atoms with E-state index in [1.807, 2.05) is 44.2 Å². The summed E-state index contributed by atoms with van der Waals surface area (Å²) in [6.45, 7) is 7.07. The zero-order valence-corrected chi connectivity index (χ0v) is 24.3. The Morgan fingerprint density at radius 1 is 1.03 bits per heavy atom. The number of nitrogens with zero attached hydrogens (tertiary/aromatic N) is 1. The molecular weight excluding hydrogens is 520 g/mol. The molecule has 2 aromatic rings. The van der Waals surface area contributed by atoms with E-state index in [1.165, 1.54) is 30.5 Å². The third-order valence-corrected chi connectivity index (χ3v) is 8.42. The van der Waals surface area contributed by atoms with Gasteiger partial charge in [-0.3, -0.25) is 0 Å². The Labute approximate surface area is 232 Å². The number of hydrogen-bond donors (Lipinski definition) is 2. The van der Waals surface area contributed by atoms with Crippen LogP contribution in [-0.2, 0) is 26.0 Å². The summed E-state index contributed by atoms with van der Waals surface area (Å²) in [6.07, 6.45) is -0.782. The van der Waals surface area contributed by atoms with Gasteiger partial charge in [0.05, 0.1) is 24.2 Å². The van der Waals surface area contributed by atoms with Gasteiger partial charge >= 0.3 is 6.09 Å². The van der Waals surface area contributed by atoms with E-state index < -0.39 is 34.4 Å². The van der Waals surface area contributed by atoms with Crippen molar-refractivity contribution in [1.82, 2.24) is 9.62 Å². The molecule has 1 amide bonds. The highest BCUT2D eigenvalue weighted by atomic mass is 32.2. The number of nitrogens with one attached hydrogen (secondary N) is 1. The van der Waals surface area contributed by atoms with Gasteiger partial charge in [-0.2, -0.15) is 4.31 Å². The molecule has 9 nitrogen and oxygen atoms in total. The molecule has 4 atom stereocenters. The summed E-state index contributed by atoms with van der Waals surface area (Å²) in [5, 5.41) is 14.1. The van der Waals surface area contributed by atoms with Gasteiger partial charge in [0.25, 0.3) is 0 Å². The van der Waals surface area contributed by atoms with E-state index in [1.54, 1.807) is 19.1 Å². The largest absolute Gasteiger partial charge is 0.497 e. The minimum absolute atomic E-state index is 0.00250. The van der Waals surface area contributed by atoms with Gasteiger partial charge in [-0.1, -0.05) is 50.6 Å². The highest BCUT2D eigenvalue weighted by Gasteiger charge is 2.32. The summed E-state index contributed by atoms with van der Waals surface area (Å²) in [5.41, 5.74) is 0.859. The van der Waals surface area contributed by atoms with Crippen molar-refractivity contribution < 1.29 is 32.6 Å². The lowest BCUT2D eigenvalue weighted by Gasteiger charge is -2.31. The van der Waals surface area contributed by atoms with Crippen LogP contribution < -0.4 is 10.1 Å². The summed E-state index contributed by atoms with van der Waals surface area (Å²) in [7, 11) is -2.45. The van der Waals surface area contributed by atoms with E-state index in [2.05, 4.69) is 5.32 Å². The number of carbonyl (C=O) groups excluding carboxylic acids is 2. The molecule has 0 unspecified atom stereocenters. The summed E-state index contributed by atoms with van der Waals surface area (Å²) in [6, 6.07) is 14.6. The van der Waals surface area contributed by atoms with Crippen LogP contribution in [0.1, 0.15) is 52.5 Å². The van der Waals surface area contributed by atoms with Crippen molar-refractivity contribution in [1.29, 1.82) is 0 Å². The molecule has 2 rings (SSSR count). The number of benzene rings is 2. The molecule has 0 bridgehead atoms. The number of aliphatic hydroxyl groups is 1. The van der Waals surface area contributed by atoms with Crippen LogP contribution in [0.5, 0.6) is 5.75 Å². The Kier molecular flexibility index (Phi) is 12.9. The van der Waals surface area contributed by atoms with Gasteiger partial charge in [0.15, 0.2) is 0 Å². The van der Waals surface area contributed by atoms with Crippen LogP contribution in [0.25, 0.3) is 0 Å². The number of carbonyl (C=O) groups is 2. The molecule has 0 spiro atoms. The van der Waals surface area contributed by atoms with Crippen molar-refractivity contribution in [2.75, 3.05) is 20.2 Å². The van der Waals surface area contributed by atoms with Crippen molar-refractivity contribution in [3.05, 3.63) is 60.2 Å². The maximum absolute atomic E-state index is 13.6. The third-order valence-electron chi connectivity index (χ3n) is 6.58. The lowest BCUT2D eigenvalue weighted by molar-refractivity contribution is -0.117. The van der Waals surface area contributed by atoms with E-state index in [-0.39, 0.29) is 42.5 Å². The molecule has 39 heavy (non-hydrogen) atoms. The van der Waals surface area contributed by atoms with Crippen molar-refractivity contribution in [3.63, 3.8) is 0 Å². The first-order chi connectivity index (χ1) is 18.5. The van der Waals surface area contributed by atoms with Gasteiger partial charge in [-0.25, -0.2) is 13.2 Å². The van der Waals surface area contributed by atoms with Crippen molar-refractivity contribution in [2.24, 2.45) is 5.92 Å². The average molecular weight is 563 g/mol. The fraction of sp³-hybridized carbons (Fsp3) is 0.517. The molecule has 0 aliphatic carbocycles. The van der Waals surface area contributed by atoms with Crippen molar-refractivity contribution in [2.45, 2.75) is 76.5 Å². The Morgan fingerprint density at radius 3 is 2.23 bits per heavy atom. The molecule has 0 heterocycles. The number of sulfonamides is 1. The molecular formula is C29H42N2O7S. The lowest BCUT2D eigenvalue weighted by atomic mass is 10.0. The topological polar surface area (TPSA) is 122 Å². The van der Waals surface area contributed by atoms with Crippen LogP contribution in [0.4, 0.5) is 4.79 Å². The van der Waals surface area contributed by atoms with E-state index in [0.29, 0.717) is 12.2 Å². The molecule has 0 radical (unpaired) electrons. The van der Waals surface area contributed by atoms with Crippen LogP contribution in [0.15, 0.2) is 59.5 Å². The Bertz CT molecular complexity index is 1140. The monoisotopic (exact) mass is 562 g/mol. The van der Waals surface area contributed by atoms with Gasteiger partial charge < -0.3 is 24.7 Å². The predicted octanol–water partition coefficient (Wildman–Crippen LogP) is 4.19. The minimum atomic E-state index is -3.95. The lowest BCUT2D eigenvalue weighted by Crippen LogP contribution is -2.51. The summed E-state index contributed by atoms with van der Waals surface area (Å²) in [5.74, 6) is 0.575. The maximum atomic E-state index is 13.6. The Morgan fingerprint density at radius 2 is 1.67 bits per heavy atom. The first-order valence-electron chi connectivity index (χ1n) is 13.3. The standard InChI is InChI=1S/C29H42N2O7S/c1-6-21(2)19-31(39(35,36)26-16-14-25(37-5)15-17-26)20-28(33)27(18-24-10-8-7-9-11-24)30-29(34)38-23(4)13-12-22(3)32/h7-11,14-17,21,23,27-28,33H,6,12-13,18-20H2,1-5H3,(H,30,34)/t21-,23+,27+,28-/m1/s1. The molecule has 2 N–H and O–H groups in total. The SMILES string of the molecule is CC[C@@H](C)CN(C[C@@H](O)[C@H](Cc1ccccc1)NC(=O)O[C@@H](C)CCC(C)=O)S(=O)(=O)c1ccc(OC)cc1. The van der Waals surface area contributed by atoms with E-state index in [0.717, 1.165) is 12.0 Å². The van der Waals surface area contributed by atoms with Crippen LogP contribution in [-0.4, -0.2) is 68.2 Å². The predicted molar refractivity (Wildman–Crippen MR) is 150 cm³/mol. The second kappa shape index (κ2) is 15.6. The average Bonchev–Trinajstić information content (AvgIpc) is 2.91. The van der Waals surface area contributed by atoms with Crippen molar-refractivity contribution >= 4 is 21.9 Å². The van der Waals surface area contributed by atoms with Gasteiger partial charge in [0.2, 0.25) is 10.0 Å². The molecule has 0 aliphatic heterocycles. The van der Waals surface area contributed by atoms with Crippen LogP contribution in [0.3, 0.4) is 0 Å². The first kappa shape index (κ1) is 32.3. The number of ether oxygens (including phenoxy) is 2. The van der Waals surface area contributed by atoms with E-state index in [4.69, 9.17) is 9.47 Å². The molecule has 0 saturated heterocycles. The zero-order valence-electron chi connectivity index (χ0n) is 23.5.